The summed E-state index contributed by atoms with van der Waals surface area (Å²) < 4.78 is 33.5. The van der Waals surface area contributed by atoms with Crippen LogP contribution >= 0.6 is 0 Å². The van der Waals surface area contributed by atoms with Gasteiger partial charge in [-0.1, -0.05) is 0 Å². The molecule has 2 saturated heterocycles. The number of carbonyl (C=O) groups is 1. The minimum atomic E-state index is -1.22. The highest BCUT2D eigenvalue weighted by atomic mass is 19.1. The van der Waals surface area contributed by atoms with Crippen molar-refractivity contribution in [2.24, 2.45) is 0 Å². The van der Waals surface area contributed by atoms with E-state index in [0.29, 0.717) is 0 Å². The average molecular weight is 381 g/mol. The van der Waals surface area contributed by atoms with Crippen molar-refractivity contribution in [3.8, 4) is 0 Å². The fourth-order valence-corrected chi connectivity index (χ4v) is 3.11. The standard InChI is InChI=1S/C18H29BFN3O4/c1-16(2,3)25-15(24)22-10-13(20)14(11-22)23-9-12(8-21-23)19-26-17(4,5)18(6,7)27-19/h8-9,13-14H,10-11H2,1-7H3/t13-,14-/m1/s1. The van der Waals surface area contributed by atoms with Crippen LogP contribution in [0, 0.1) is 0 Å². The number of alkyl halides is 1. The summed E-state index contributed by atoms with van der Waals surface area (Å²) >= 11 is 0. The van der Waals surface area contributed by atoms with E-state index in [9.17, 15) is 9.18 Å². The Morgan fingerprint density at radius 3 is 2.41 bits per heavy atom. The number of aromatic nitrogens is 2. The zero-order valence-electron chi connectivity index (χ0n) is 17.2. The highest BCUT2D eigenvalue weighted by Gasteiger charge is 2.52. The lowest BCUT2D eigenvalue weighted by atomic mass is 9.82. The Labute approximate surface area is 160 Å². The normalized spacial score (nSPS) is 27.3. The molecule has 2 aliphatic heterocycles. The van der Waals surface area contributed by atoms with Crippen molar-refractivity contribution >= 4 is 18.7 Å². The third kappa shape index (κ3) is 3.99. The summed E-state index contributed by atoms with van der Waals surface area (Å²) in [6, 6.07) is -0.561. The summed E-state index contributed by atoms with van der Waals surface area (Å²) in [6.07, 6.45) is 1.64. The lowest BCUT2D eigenvalue weighted by Gasteiger charge is -2.32. The Bertz CT molecular complexity index is 700. The monoisotopic (exact) mass is 381 g/mol. The predicted octanol–water partition coefficient (Wildman–Crippen LogP) is 2.31. The van der Waals surface area contributed by atoms with Crippen LogP contribution in [-0.4, -0.2) is 64.0 Å². The van der Waals surface area contributed by atoms with E-state index in [-0.39, 0.29) is 13.1 Å². The summed E-state index contributed by atoms with van der Waals surface area (Å²) in [5.74, 6) is 0. The van der Waals surface area contributed by atoms with Crippen LogP contribution in [0.1, 0.15) is 54.5 Å². The Morgan fingerprint density at radius 2 is 1.85 bits per heavy atom. The molecule has 2 aliphatic rings. The molecule has 2 fully saturated rings. The van der Waals surface area contributed by atoms with Gasteiger partial charge < -0.3 is 18.9 Å². The van der Waals surface area contributed by atoms with Crippen molar-refractivity contribution in [2.45, 2.75) is 77.5 Å². The molecule has 27 heavy (non-hydrogen) atoms. The number of likely N-dealkylation sites (tertiary alicyclic amines) is 1. The molecule has 0 radical (unpaired) electrons. The van der Waals surface area contributed by atoms with E-state index >= 15 is 0 Å². The van der Waals surface area contributed by atoms with Gasteiger partial charge in [-0.25, -0.2) is 9.18 Å². The van der Waals surface area contributed by atoms with Crippen molar-refractivity contribution in [2.75, 3.05) is 13.1 Å². The van der Waals surface area contributed by atoms with Crippen LogP contribution in [0.4, 0.5) is 9.18 Å². The lowest BCUT2D eigenvalue weighted by Crippen LogP contribution is -2.41. The Morgan fingerprint density at radius 1 is 1.26 bits per heavy atom. The number of rotatable bonds is 2. The van der Waals surface area contributed by atoms with Crippen LogP contribution < -0.4 is 5.46 Å². The highest BCUT2D eigenvalue weighted by Crippen LogP contribution is 2.36. The van der Waals surface area contributed by atoms with Gasteiger partial charge in [0.15, 0.2) is 0 Å². The number of carbonyl (C=O) groups excluding carboxylic acids is 1. The molecule has 1 amide bonds. The number of nitrogens with zero attached hydrogens (tertiary/aromatic N) is 3. The molecule has 2 atom stereocenters. The Kier molecular flexibility index (Phi) is 4.83. The van der Waals surface area contributed by atoms with E-state index in [4.69, 9.17) is 14.0 Å². The van der Waals surface area contributed by atoms with E-state index in [1.54, 1.807) is 37.8 Å². The minimum absolute atomic E-state index is 0.00867. The molecule has 0 aliphatic carbocycles. The van der Waals surface area contributed by atoms with Crippen LogP contribution in [0.3, 0.4) is 0 Å². The molecule has 0 spiro atoms. The summed E-state index contributed by atoms with van der Waals surface area (Å²) in [4.78, 5) is 13.6. The van der Waals surface area contributed by atoms with Crippen molar-refractivity contribution in [3.05, 3.63) is 12.4 Å². The molecule has 0 bridgehead atoms. The SMILES string of the molecule is CC(C)(C)OC(=O)N1C[C@@H](F)[C@H](n2cc(B3OC(C)(C)C(C)(C)O3)cn2)C1. The van der Waals surface area contributed by atoms with Gasteiger partial charge >= 0.3 is 13.2 Å². The Hall–Kier alpha value is -1.61. The van der Waals surface area contributed by atoms with Gasteiger partial charge in [0.25, 0.3) is 0 Å². The van der Waals surface area contributed by atoms with Crippen LogP contribution in [-0.2, 0) is 14.0 Å². The molecular formula is C18H29BFN3O4. The molecule has 150 valence electrons. The number of halogens is 1. The number of ether oxygens (including phenoxy) is 1. The molecule has 3 heterocycles. The van der Waals surface area contributed by atoms with E-state index in [2.05, 4.69) is 5.10 Å². The Balaban J connectivity index is 1.69. The van der Waals surface area contributed by atoms with Gasteiger partial charge in [-0.05, 0) is 48.5 Å². The first-order valence-corrected chi connectivity index (χ1v) is 9.31. The van der Waals surface area contributed by atoms with E-state index < -0.39 is 42.2 Å². The fourth-order valence-electron chi connectivity index (χ4n) is 3.11. The van der Waals surface area contributed by atoms with Crippen LogP contribution in [0.15, 0.2) is 12.4 Å². The van der Waals surface area contributed by atoms with Crippen LogP contribution in [0.2, 0.25) is 0 Å². The van der Waals surface area contributed by atoms with E-state index in [1.165, 1.54) is 4.90 Å². The third-order valence-corrected chi connectivity index (χ3v) is 5.36. The molecule has 7 nitrogen and oxygen atoms in total. The van der Waals surface area contributed by atoms with Gasteiger partial charge in [-0.15, -0.1) is 0 Å². The molecule has 9 heteroatoms. The van der Waals surface area contributed by atoms with Crippen molar-refractivity contribution in [1.29, 1.82) is 0 Å². The average Bonchev–Trinajstić information content (AvgIpc) is 3.14. The number of amides is 1. The topological polar surface area (TPSA) is 65.8 Å². The fraction of sp³-hybridized carbons (Fsp3) is 0.778. The first-order chi connectivity index (χ1) is 12.3. The van der Waals surface area contributed by atoms with Gasteiger partial charge in [0.05, 0.1) is 17.7 Å². The molecule has 0 unspecified atom stereocenters. The van der Waals surface area contributed by atoms with Gasteiger partial charge in [-0.2, -0.15) is 5.10 Å². The molecule has 1 aromatic heterocycles. The maximum atomic E-state index is 14.6. The van der Waals surface area contributed by atoms with Gasteiger partial charge in [0, 0.05) is 24.4 Å². The number of hydrogen-bond donors (Lipinski definition) is 0. The van der Waals surface area contributed by atoms with Crippen molar-refractivity contribution in [3.63, 3.8) is 0 Å². The van der Waals surface area contributed by atoms with E-state index in [0.717, 1.165) is 5.46 Å². The van der Waals surface area contributed by atoms with Gasteiger partial charge in [-0.3, -0.25) is 4.68 Å². The minimum Gasteiger partial charge on any atom is -0.444 e. The predicted molar refractivity (Wildman–Crippen MR) is 99.7 cm³/mol. The zero-order chi connectivity index (χ0) is 20.2. The molecule has 0 saturated carbocycles. The summed E-state index contributed by atoms with van der Waals surface area (Å²) in [7, 11) is -0.551. The summed E-state index contributed by atoms with van der Waals surface area (Å²) in [6.45, 7) is 13.5. The first kappa shape index (κ1) is 20.1. The second-order valence-corrected chi connectivity index (χ2v) is 9.31. The first-order valence-electron chi connectivity index (χ1n) is 9.31. The lowest BCUT2D eigenvalue weighted by molar-refractivity contribution is 0.00578. The van der Waals surface area contributed by atoms with Crippen LogP contribution in [0.25, 0.3) is 0 Å². The quantitative estimate of drug-likeness (QED) is 0.736. The molecule has 0 N–H and O–H groups in total. The second-order valence-electron chi connectivity index (χ2n) is 9.31. The number of hydrogen-bond acceptors (Lipinski definition) is 5. The summed E-state index contributed by atoms with van der Waals surface area (Å²) in [5, 5.41) is 4.29. The van der Waals surface area contributed by atoms with Gasteiger partial charge in [0.1, 0.15) is 17.8 Å². The van der Waals surface area contributed by atoms with Gasteiger partial charge in [0.2, 0.25) is 0 Å². The largest absolute Gasteiger partial charge is 0.498 e. The summed E-state index contributed by atoms with van der Waals surface area (Å²) in [5.41, 5.74) is -0.792. The molecule has 0 aromatic carbocycles. The maximum Gasteiger partial charge on any atom is 0.498 e. The van der Waals surface area contributed by atoms with Crippen LogP contribution in [0.5, 0.6) is 0 Å². The molecule has 1 aromatic rings. The zero-order valence-corrected chi connectivity index (χ0v) is 17.2. The maximum absolute atomic E-state index is 14.6. The third-order valence-electron chi connectivity index (χ3n) is 5.36. The molecule has 3 rings (SSSR count). The second kappa shape index (κ2) is 6.48. The van der Waals surface area contributed by atoms with Crippen molar-refractivity contribution in [1.82, 2.24) is 14.7 Å². The highest BCUT2D eigenvalue weighted by molar-refractivity contribution is 6.62. The smallest absolute Gasteiger partial charge is 0.444 e. The van der Waals surface area contributed by atoms with Crippen molar-refractivity contribution < 1.29 is 23.2 Å². The molecular weight excluding hydrogens is 352 g/mol. The van der Waals surface area contributed by atoms with E-state index in [1.807, 2.05) is 27.7 Å².